The maximum Gasteiger partial charge on any atom is 0.340 e. The third-order valence-electron chi connectivity index (χ3n) is 4.28. The molecule has 0 spiro atoms. The van der Waals surface area contributed by atoms with Gasteiger partial charge in [0.25, 0.3) is 0 Å². The van der Waals surface area contributed by atoms with Gasteiger partial charge in [0, 0.05) is 0 Å². The summed E-state index contributed by atoms with van der Waals surface area (Å²) >= 11 is 4.85. The number of carbonyl (C=O) groups excluding carboxylic acids is 1. The Morgan fingerprint density at radius 1 is 1.50 bits per heavy atom. The van der Waals surface area contributed by atoms with Crippen molar-refractivity contribution in [2.24, 2.45) is 5.73 Å². The second-order valence-corrected chi connectivity index (χ2v) is 6.28. The molecule has 0 saturated heterocycles. The van der Waals surface area contributed by atoms with Gasteiger partial charge < -0.3 is 15.8 Å². The summed E-state index contributed by atoms with van der Waals surface area (Å²) in [6.07, 6.45) is 4.12. The molecule has 2 rings (SSSR count). The Bertz CT molecular complexity index is 691. The molecule has 0 unspecified atom stereocenters. The van der Waals surface area contributed by atoms with Crippen molar-refractivity contribution in [1.82, 2.24) is 10.3 Å². The SMILES string of the molecule is CCOC(=O)c1c(CNC(N)=S)nc(C)c(C#N)c1C1CCCC1. The second kappa shape index (κ2) is 8.06. The minimum atomic E-state index is -0.442. The zero-order chi connectivity index (χ0) is 17.7. The highest BCUT2D eigenvalue weighted by Crippen LogP contribution is 2.39. The molecular formula is C17H22N4O2S. The van der Waals surface area contributed by atoms with Gasteiger partial charge in [-0.3, -0.25) is 4.98 Å². The van der Waals surface area contributed by atoms with Crippen molar-refractivity contribution in [1.29, 1.82) is 5.26 Å². The normalized spacial score (nSPS) is 14.2. The van der Waals surface area contributed by atoms with Gasteiger partial charge in [0.05, 0.1) is 35.7 Å². The fraction of sp³-hybridized carbons (Fsp3) is 0.529. The van der Waals surface area contributed by atoms with Crippen LogP contribution in [0.5, 0.6) is 0 Å². The molecule has 3 N–H and O–H groups in total. The van der Waals surface area contributed by atoms with Gasteiger partial charge in [0.1, 0.15) is 6.07 Å². The highest BCUT2D eigenvalue weighted by molar-refractivity contribution is 7.80. The van der Waals surface area contributed by atoms with E-state index in [0.717, 1.165) is 31.2 Å². The van der Waals surface area contributed by atoms with Crippen LogP contribution in [0.15, 0.2) is 0 Å². The highest BCUT2D eigenvalue weighted by Gasteiger charge is 2.30. The number of nitrogens with one attached hydrogen (secondary N) is 1. The van der Waals surface area contributed by atoms with Crippen LogP contribution in [0.3, 0.4) is 0 Å². The van der Waals surface area contributed by atoms with Crippen molar-refractivity contribution in [3.05, 3.63) is 28.1 Å². The number of aromatic nitrogens is 1. The second-order valence-electron chi connectivity index (χ2n) is 5.84. The summed E-state index contributed by atoms with van der Waals surface area (Å²) in [7, 11) is 0. The standard InChI is InChI=1S/C17H22N4O2S/c1-3-23-16(22)15-13(9-20-17(19)24)21-10(2)12(8-18)14(15)11-6-4-5-7-11/h11H,3-7,9H2,1-2H3,(H3,19,20,24). The van der Waals surface area contributed by atoms with E-state index in [1.165, 1.54) is 0 Å². The number of rotatable bonds is 5. The summed E-state index contributed by atoms with van der Waals surface area (Å²) in [5.74, 6) is -0.257. The Morgan fingerprint density at radius 2 is 2.17 bits per heavy atom. The monoisotopic (exact) mass is 346 g/mol. The van der Waals surface area contributed by atoms with Crippen molar-refractivity contribution in [2.45, 2.75) is 52.0 Å². The lowest BCUT2D eigenvalue weighted by Crippen LogP contribution is -2.30. The summed E-state index contributed by atoms with van der Waals surface area (Å²) in [6.45, 7) is 4.04. The minimum Gasteiger partial charge on any atom is -0.462 e. The van der Waals surface area contributed by atoms with Crippen LogP contribution in [0, 0.1) is 18.3 Å². The molecule has 6 nitrogen and oxygen atoms in total. The van der Waals surface area contributed by atoms with E-state index in [0.29, 0.717) is 22.5 Å². The predicted molar refractivity (Wildman–Crippen MR) is 94.5 cm³/mol. The molecule has 1 aromatic heterocycles. The Labute approximate surface area is 147 Å². The van der Waals surface area contributed by atoms with E-state index in [4.69, 9.17) is 22.7 Å². The van der Waals surface area contributed by atoms with Crippen molar-refractivity contribution < 1.29 is 9.53 Å². The van der Waals surface area contributed by atoms with Crippen molar-refractivity contribution in [3.63, 3.8) is 0 Å². The molecule has 0 atom stereocenters. The Balaban J connectivity index is 2.63. The zero-order valence-corrected chi connectivity index (χ0v) is 14.8. The van der Waals surface area contributed by atoms with E-state index in [9.17, 15) is 10.1 Å². The van der Waals surface area contributed by atoms with E-state index in [-0.39, 0.29) is 24.2 Å². The number of nitrogens with zero attached hydrogens (tertiary/aromatic N) is 2. The van der Waals surface area contributed by atoms with Crippen LogP contribution in [0.25, 0.3) is 0 Å². The van der Waals surface area contributed by atoms with Gasteiger partial charge in [0.2, 0.25) is 0 Å². The summed E-state index contributed by atoms with van der Waals surface area (Å²) in [5.41, 5.74) is 8.31. The van der Waals surface area contributed by atoms with Crippen molar-refractivity contribution in [3.8, 4) is 6.07 Å². The average molecular weight is 346 g/mol. The lowest BCUT2D eigenvalue weighted by atomic mass is 9.87. The Hall–Kier alpha value is -2.20. The van der Waals surface area contributed by atoms with Gasteiger partial charge in [0.15, 0.2) is 5.11 Å². The van der Waals surface area contributed by atoms with Crippen LogP contribution < -0.4 is 11.1 Å². The first-order valence-corrected chi connectivity index (χ1v) is 8.54. The first kappa shape index (κ1) is 18.1. The van der Waals surface area contributed by atoms with Gasteiger partial charge in [-0.15, -0.1) is 0 Å². The molecule has 1 saturated carbocycles. The molecule has 1 aliphatic carbocycles. The van der Waals surface area contributed by atoms with E-state index in [1.54, 1.807) is 13.8 Å². The topological polar surface area (TPSA) is 101 Å². The molecule has 1 aromatic rings. The van der Waals surface area contributed by atoms with Crippen LogP contribution in [0.2, 0.25) is 0 Å². The molecule has 0 amide bonds. The number of carbonyl (C=O) groups is 1. The van der Waals surface area contributed by atoms with Crippen LogP contribution in [0.1, 0.15) is 71.4 Å². The van der Waals surface area contributed by atoms with E-state index in [2.05, 4.69) is 16.4 Å². The maximum absolute atomic E-state index is 12.6. The minimum absolute atomic E-state index is 0.135. The first-order valence-electron chi connectivity index (χ1n) is 8.13. The molecule has 0 radical (unpaired) electrons. The molecule has 1 fully saturated rings. The predicted octanol–water partition coefficient (Wildman–Crippen LogP) is 2.43. The van der Waals surface area contributed by atoms with Gasteiger partial charge in [-0.2, -0.15) is 5.26 Å². The molecule has 0 aromatic carbocycles. The molecule has 0 aliphatic heterocycles. The number of hydrogen-bond donors (Lipinski definition) is 2. The number of hydrogen-bond acceptors (Lipinski definition) is 5. The fourth-order valence-corrected chi connectivity index (χ4v) is 3.36. The maximum atomic E-state index is 12.6. The van der Waals surface area contributed by atoms with E-state index < -0.39 is 5.97 Å². The van der Waals surface area contributed by atoms with Gasteiger partial charge >= 0.3 is 5.97 Å². The number of ether oxygens (including phenoxy) is 1. The zero-order valence-electron chi connectivity index (χ0n) is 14.0. The number of pyridine rings is 1. The third-order valence-corrected chi connectivity index (χ3v) is 4.42. The van der Waals surface area contributed by atoms with E-state index in [1.807, 2.05) is 0 Å². The van der Waals surface area contributed by atoms with Crippen LogP contribution in [0.4, 0.5) is 0 Å². The molecule has 24 heavy (non-hydrogen) atoms. The van der Waals surface area contributed by atoms with Crippen LogP contribution in [-0.4, -0.2) is 22.7 Å². The summed E-state index contributed by atoms with van der Waals surface area (Å²) in [6, 6.07) is 2.23. The smallest absolute Gasteiger partial charge is 0.340 e. The third kappa shape index (κ3) is 3.82. The summed E-state index contributed by atoms with van der Waals surface area (Å²) in [4.78, 5) is 17.1. The lowest BCUT2D eigenvalue weighted by Gasteiger charge is -2.20. The van der Waals surface area contributed by atoms with E-state index >= 15 is 0 Å². The number of aryl methyl sites for hydroxylation is 1. The van der Waals surface area contributed by atoms with Crippen molar-refractivity contribution >= 4 is 23.3 Å². The van der Waals surface area contributed by atoms with Crippen LogP contribution >= 0.6 is 12.2 Å². The van der Waals surface area contributed by atoms with Gasteiger partial charge in [-0.25, -0.2) is 4.79 Å². The number of nitriles is 1. The molecule has 1 aliphatic rings. The molecule has 0 bridgehead atoms. The quantitative estimate of drug-likeness (QED) is 0.623. The number of thiocarbonyl (C=S) groups is 1. The lowest BCUT2D eigenvalue weighted by molar-refractivity contribution is 0.0522. The average Bonchev–Trinajstić information content (AvgIpc) is 3.06. The summed E-state index contributed by atoms with van der Waals surface area (Å²) < 4.78 is 5.23. The largest absolute Gasteiger partial charge is 0.462 e. The first-order chi connectivity index (χ1) is 11.5. The molecule has 1 heterocycles. The van der Waals surface area contributed by atoms with Gasteiger partial charge in [-0.05, 0) is 50.4 Å². The summed E-state index contributed by atoms with van der Waals surface area (Å²) in [5, 5.41) is 12.6. The van der Waals surface area contributed by atoms with Crippen LogP contribution in [-0.2, 0) is 11.3 Å². The fourth-order valence-electron chi connectivity index (χ4n) is 3.28. The molecule has 7 heteroatoms. The highest BCUT2D eigenvalue weighted by atomic mass is 32.1. The molecule has 128 valence electrons. The number of nitrogens with two attached hydrogens (primary N) is 1. The Morgan fingerprint density at radius 3 is 2.71 bits per heavy atom. The van der Waals surface area contributed by atoms with Gasteiger partial charge in [-0.1, -0.05) is 12.8 Å². The number of esters is 1. The Kier molecular flexibility index (Phi) is 6.10. The molecular weight excluding hydrogens is 324 g/mol. The van der Waals surface area contributed by atoms with Crippen molar-refractivity contribution in [2.75, 3.05) is 6.61 Å².